The fraction of sp³-hybridized carbons (Fsp3) is 0.433. The number of benzene rings is 2. The number of halogens is 8. The first-order valence-corrected chi connectivity index (χ1v) is 14.5. The largest absolute Gasteiger partial charge is 0.479 e. The first-order valence-electron chi connectivity index (χ1n) is 14.2. The molecule has 0 aliphatic carbocycles. The van der Waals surface area contributed by atoms with Crippen LogP contribution in [0.15, 0.2) is 24.3 Å². The van der Waals surface area contributed by atoms with Crippen molar-refractivity contribution < 1.29 is 64.2 Å². The molecule has 2 aromatic carbocycles. The number of carbonyl (C=O) groups excluding carboxylic acids is 5. The van der Waals surface area contributed by atoms with Crippen molar-refractivity contribution in [2.45, 2.75) is 57.9 Å². The third kappa shape index (κ3) is 10.0. The Labute approximate surface area is 273 Å². The number of nitrogens with one attached hydrogen (secondary N) is 2. The molecule has 0 radical (unpaired) electrons. The summed E-state index contributed by atoms with van der Waals surface area (Å²) in [4.78, 5) is 64.7. The number of carbonyl (C=O) groups is 5. The summed E-state index contributed by atoms with van der Waals surface area (Å²) in [6.45, 7) is 2.94. The van der Waals surface area contributed by atoms with Crippen LogP contribution in [0.2, 0.25) is 5.02 Å². The quantitative estimate of drug-likeness (QED) is 0.163. The SMILES string of the molecule is CC(C)(C)OC(=O)C[C@H](NC(=O)C1CCN(C(=O)C(=O)Nc2ccc(Cl)cc2C(F)(F)F)CC1)C(=O)COc1c(F)c(F)cc(F)c1F. The molecule has 3 amide bonds. The maximum Gasteiger partial charge on any atom is 0.418 e. The molecule has 0 saturated carbocycles. The smallest absolute Gasteiger partial charge is 0.418 e. The summed E-state index contributed by atoms with van der Waals surface area (Å²) in [7, 11) is 0. The average molecular weight is 712 g/mol. The molecule has 1 aliphatic rings. The van der Waals surface area contributed by atoms with E-state index in [1.165, 1.54) is 20.8 Å². The molecular weight excluding hydrogens is 683 g/mol. The van der Waals surface area contributed by atoms with E-state index >= 15 is 0 Å². The zero-order valence-corrected chi connectivity index (χ0v) is 26.3. The Balaban J connectivity index is 1.66. The van der Waals surface area contributed by atoms with Gasteiger partial charge in [0.1, 0.15) is 18.2 Å². The molecule has 0 bridgehead atoms. The van der Waals surface area contributed by atoms with E-state index in [9.17, 15) is 54.7 Å². The number of hydrogen-bond acceptors (Lipinski definition) is 7. The van der Waals surface area contributed by atoms with E-state index in [0.717, 1.165) is 17.0 Å². The molecule has 1 fully saturated rings. The lowest BCUT2D eigenvalue weighted by Crippen LogP contribution is -2.50. The summed E-state index contributed by atoms with van der Waals surface area (Å²) in [5, 5.41) is 3.98. The Hall–Kier alpha value is -4.41. The zero-order valence-electron chi connectivity index (χ0n) is 25.5. The number of ether oxygens (including phenoxy) is 2. The minimum Gasteiger partial charge on any atom is -0.479 e. The minimum atomic E-state index is -4.89. The van der Waals surface area contributed by atoms with Crippen LogP contribution in [0.5, 0.6) is 5.75 Å². The van der Waals surface area contributed by atoms with E-state index < -0.39 is 107 Å². The highest BCUT2D eigenvalue weighted by atomic mass is 35.5. The second kappa shape index (κ2) is 15.2. The molecule has 18 heteroatoms. The summed E-state index contributed by atoms with van der Waals surface area (Å²) in [6.07, 6.45) is -5.82. The van der Waals surface area contributed by atoms with Crippen LogP contribution in [0.3, 0.4) is 0 Å². The number of hydrogen-bond donors (Lipinski definition) is 2. The first kappa shape index (κ1) is 38.0. The summed E-state index contributed by atoms with van der Waals surface area (Å²) < 4.78 is 105. The molecule has 262 valence electrons. The maximum atomic E-state index is 14.0. The molecule has 1 saturated heterocycles. The fourth-order valence-corrected chi connectivity index (χ4v) is 4.70. The second-order valence-electron chi connectivity index (χ2n) is 11.6. The molecule has 10 nitrogen and oxygen atoms in total. The van der Waals surface area contributed by atoms with Gasteiger partial charge in [-0.3, -0.25) is 24.0 Å². The van der Waals surface area contributed by atoms with Gasteiger partial charge in [-0.1, -0.05) is 11.6 Å². The lowest BCUT2D eigenvalue weighted by Gasteiger charge is -2.31. The highest BCUT2D eigenvalue weighted by Crippen LogP contribution is 2.36. The van der Waals surface area contributed by atoms with E-state index in [4.69, 9.17) is 16.3 Å². The highest BCUT2D eigenvalue weighted by molar-refractivity contribution is 6.39. The summed E-state index contributed by atoms with van der Waals surface area (Å²) in [5.41, 5.74) is -2.98. The minimum absolute atomic E-state index is 0.0699. The molecule has 2 aromatic rings. The molecule has 1 atom stereocenters. The number of piperidine rings is 1. The third-order valence-electron chi connectivity index (χ3n) is 6.81. The first-order chi connectivity index (χ1) is 22.2. The summed E-state index contributed by atoms with van der Waals surface area (Å²) in [5.74, 6) is -15.3. The number of amides is 3. The Kier molecular flexibility index (Phi) is 12.1. The van der Waals surface area contributed by atoms with E-state index in [1.807, 2.05) is 5.32 Å². The number of rotatable bonds is 9. The number of ketones is 1. The van der Waals surface area contributed by atoms with Gasteiger partial charge in [0, 0.05) is 30.1 Å². The van der Waals surface area contributed by atoms with Crippen LogP contribution in [0.25, 0.3) is 0 Å². The topological polar surface area (TPSA) is 131 Å². The van der Waals surface area contributed by atoms with Crippen molar-refractivity contribution in [1.82, 2.24) is 10.2 Å². The van der Waals surface area contributed by atoms with Crippen molar-refractivity contribution in [3.05, 3.63) is 58.1 Å². The van der Waals surface area contributed by atoms with Crippen molar-refractivity contribution in [3.8, 4) is 5.75 Å². The number of esters is 1. The van der Waals surface area contributed by atoms with Crippen LogP contribution < -0.4 is 15.4 Å². The van der Waals surface area contributed by atoms with E-state index in [-0.39, 0.29) is 37.0 Å². The van der Waals surface area contributed by atoms with Crippen LogP contribution in [0, 0.1) is 29.2 Å². The monoisotopic (exact) mass is 711 g/mol. The Morgan fingerprint density at radius 3 is 2.08 bits per heavy atom. The van der Waals surface area contributed by atoms with Gasteiger partial charge in [0.15, 0.2) is 23.2 Å². The van der Waals surface area contributed by atoms with Crippen molar-refractivity contribution in [1.29, 1.82) is 0 Å². The predicted octanol–water partition coefficient (Wildman–Crippen LogP) is 4.96. The van der Waals surface area contributed by atoms with E-state index in [0.29, 0.717) is 6.07 Å². The highest BCUT2D eigenvalue weighted by Gasteiger charge is 2.37. The van der Waals surface area contributed by atoms with Gasteiger partial charge < -0.3 is 25.0 Å². The third-order valence-corrected chi connectivity index (χ3v) is 7.04. The van der Waals surface area contributed by atoms with Crippen LogP contribution in [-0.4, -0.2) is 65.7 Å². The lowest BCUT2D eigenvalue weighted by atomic mass is 9.95. The molecule has 2 N–H and O–H groups in total. The van der Waals surface area contributed by atoms with Crippen molar-refractivity contribution in [2.75, 3.05) is 25.0 Å². The van der Waals surface area contributed by atoms with Gasteiger partial charge in [0.25, 0.3) is 0 Å². The standard InChI is InChI=1S/C30H29ClF7N3O7/c1-29(2,3)48-22(43)12-20(21(42)13-47-25-23(34)17(32)11-18(33)24(25)35)40-26(44)14-6-8-41(9-7-14)28(46)27(45)39-19-5-4-15(31)10-16(19)30(36,37)38/h4-5,10-11,14,20H,6-9,12-13H2,1-3H3,(H,39,45)(H,40,44)/t20-/m0/s1. The number of Topliss-reactive ketones (excluding diaryl/α,β-unsaturated/α-hetero) is 1. The van der Waals surface area contributed by atoms with Gasteiger partial charge in [-0.25, -0.2) is 8.78 Å². The van der Waals surface area contributed by atoms with Crippen LogP contribution in [0.4, 0.5) is 36.4 Å². The normalized spacial score (nSPS) is 14.6. The van der Waals surface area contributed by atoms with Crippen LogP contribution in [-0.2, 0) is 34.9 Å². The number of alkyl halides is 3. The van der Waals surface area contributed by atoms with Gasteiger partial charge in [-0.05, 0) is 51.8 Å². The van der Waals surface area contributed by atoms with Crippen molar-refractivity contribution in [3.63, 3.8) is 0 Å². The molecule has 0 spiro atoms. The Morgan fingerprint density at radius 2 is 1.54 bits per heavy atom. The van der Waals surface area contributed by atoms with Gasteiger partial charge >= 0.3 is 24.0 Å². The molecule has 1 aliphatic heterocycles. The molecule has 0 unspecified atom stereocenters. The number of anilines is 1. The van der Waals surface area contributed by atoms with E-state index in [2.05, 4.69) is 10.1 Å². The van der Waals surface area contributed by atoms with Gasteiger partial charge in [-0.2, -0.15) is 22.0 Å². The van der Waals surface area contributed by atoms with Crippen LogP contribution >= 0.6 is 11.6 Å². The lowest BCUT2D eigenvalue weighted by molar-refractivity contribution is -0.156. The molecule has 48 heavy (non-hydrogen) atoms. The Bertz CT molecular complexity index is 1560. The average Bonchev–Trinajstić information content (AvgIpc) is 2.98. The molecular formula is C30H29ClF7N3O7. The van der Waals surface area contributed by atoms with Gasteiger partial charge in [0.05, 0.1) is 17.7 Å². The fourth-order valence-electron chi connectivity index (χ4n) is 4.53. The second-order valence-corrected chi connectivity index (χ2v) is 12.0. The maximum absolute atomic E-state index is 14.0. The van der Waals surface area contributed by atoms with Gasteiger partial charge in [0.2, 0.25) is 17.5 Å². The number of nitrogens with zero attached hydrogens (tertiary/aromatic N) is 1. The predicted molar refractivity (Wildman–Crippen MR) is 154 cm³/mol. The van der Waals surface area contributed by atoms with Crippen molar-refractivity contribution >= 4 is 46.8 Å². The Morgan fingerprint density at radius 1 is 0.958 bits per heavy atom. The van der Waals surface area contributed by atoms with Crippen molar-refractivity contribution in [2.24, 2.45) is 5.92 Å². The van der Waals surface area contributed by atoms with Gasteiger partial charge in [-0.15, -0.1) is 0 Å². The summed E-state index contributed by atoms with van der Waals surface area (Å²) in [6, 6.07) is 0.794. The number of likely N-dealkylation sites (tertiary alicyclic amines) is 1. The van der Waals surface area contributed by atoms with E-state index in [1.54, 1.807) is 0 Å². The molecule has 1 heterocycles. The summed E-state index contributed by atoms with van der Waals surface area (Å²) >= 11 is 5.62. The van der Waals surface area contributed by atoms with Crippen LogP contribution in [0.1, 0.15) is 45.6 Å². The molecule has 0 aromatic heterocycles. The zero-order chi connectivity index (χ0) is 36.1. The molecule has 3 rings (SSSR count).